The van der Waals surface area contributed by atoms with Gasteiger partial charge in [0.2, 0.25) is 6.79 Å². The molecule has 0 unspecified atom stereocenters. The molecule has 1 aliphatic heterocycles. The van der Waals surface area contributed by atoms with E-state index in [9.17, 15) is 15.4 Å². The fourth-order valence-corrected chi connectivity index (χ4v) is 2.37. The molecule has 7 heteroatoms. The number of nitrogens with zero attached hydrogens (tertiary/aromatic N) is 2. The number of ether oxygens (including phenoxy) is 2. The molecule has 2 aromatic rings. The number of hydrogen-bond donors (Lipinski definition) is 0. The third-order valence-electron chi connectivity index (χ3n) is 3.28. The van der Waals surface area contributed by atoms with E-state index in [0.29, 0.717) is 27.6 Å². The third-order valence-corrected chi connectivity index (χ3v) is 3.61. The van der Waals surface area contributed by atoms with Crippen molar-refractivity contribution in [2.75, 3.05) is 6.79 Å². The van der Waals surface area contributed by atoms with E-state index in [2.05, 4.69) is 0 Å². The lowest BCUT2D eigenvalue weighted by molar-refractivity contribution is -0.384. The van der Waals surface area contributed by atoms with Crippen LogP contribution in [0.4, 0.5) is 5.69 Å². The van der Waals surface area contributed by atoms with Crippen LogP contribution < -0.4 is 9.47 Å². The van der Waals surface area contributed by atoms with Gasteiger partial charge in [0, 0.05) is 18.2 Å². The normalized spacial score (nSPS) is 12.8. The highest BCUT2D eigenvalue weighted by Gasteiger charge is 2.16. The standard InChI is InChI=1S/C16H9ClN2O4/c17-14-7-16-15(22-9-23-16)6-11(14)4-12(8-18)10-2-1-3-13(5-10)19(20)21/h1-7H,9H2/b12-4-. The zero-order valence-electron chi connectivity index (χ0n) is 11.7. The van der Waals surface area contributed by atoms with Crippen LogP contribution in [-0.2, 0) is 0 Å². The first-order valence-corrected chi connectivity index (χ1v) is 6.92. The Bertz CT molecular complexity index is 871. The van der Waals surface area contributed by atoms with E-state index in [4.69, 9.17) is 21.1 Å². The zero-order chi connectivity index (χ0) is 16.4. The van der Waals surface area contributed by atoms with Gasteiger partial charge in [-0.05, 0) is 23.3 Å². The van der Waals surface area contributed by atoms with Gasteiger partial charge < -0.3 is 9.47 Å². The van der Waals surface area contributed by atoms with Crippen molar-refractivity contribution in [2.45, 2.75) is 0 Å². The Morgan fingerprint density at radius 1 is 1.30 bits per heavy atom. The summed E-state index contributed by atoms with van der Waals surface area (Å²) in [6.45, 7) is 0.120. The SMILES string of the molecule is N#C/C(=C/c1cc2c(cc1Cl)OCO2)c1cccc([N+](=O)[O-])c1. The van der Waals surface area contributed by atoms with Crippen LogP contribution in [0.1, 0.15) is 11.1 Å². The fraction of sp³-hybridized carbons (Fsp3) is 0.0625. The summed E-state index contributed by atoms with van der Waals surface area (Å²) in [7, 11) is 0. The number of benzene rings is 2. The maximum atomic E-state index is 10.9. The molecule has 0 atom stereocenters. The predicted molar refractivity (Wildman–Crippen MR) is 84.2 cm³/mol. The van der Waals surface area contributed by atoms with Crippen LogP contribution in [0.2, 0.25) is 5.02 Å². The highest BCUT2D eigenvalue weighted by Crippen LogP contribution is 2.38. The lowest BCUT2D eigenvalue weighted by Crippen LogP contribution is -1.92. The van der Waals surface area contributed by atoms with Crippen LogP contribution in [0, 0.1) is 21.4 Å². The van der Waals surface area contributed by atoms with Crippen LogP contribution in [0.15, 0.2) is 36.4 Å². The minimum Gasteiger partial charge on any atom is -0.454 e. The summed E-state index contributed by atoms with van der Waals surface area (Å²) in [5, 5.41) is 20.6. The van der Waals surface area contributed by atoms with Crippen molar-refractivity contribution in [3.05, 3.63) is 62.7 Å². The summed E-state index contributed by atoms with van der Waals surface area (Å²) in [5.41, 5.74) is 1.18. The Labute approximate surface area is 136 Å². The van der Waals surface area contributed by atoms with Gasteiger partial charge >= 0.3 is 0 Å². The van der Waals surface area contributed by atoms with E-state index in [-0.39, 0.29) is 18.1 Å². The van der Waals surface area contributed by atoms with Gasteiger partial charge in [-0.25, -0.2) is 0 Å². The molecule has 0 radical (unpaired) electrons. The average Bonchev–Trinajstić information content (AvgIpc) is 2.99. The van der Waals surface area contributed by atoms with Crippen molar-refractivity contribution < 1.29 is 14.4 Å². The lowest BCUT2D eigenvalue weighted by atomic mass is 10.0. The second-order valence-electron chi connectivity index (χ2n) is 4.70. The second kappa shape index (κ2) is 5.99. The summed E-state index contributed by atoms with van der Waals surface area (Å²) < 4.78 is 10.5. The average molecular weight is 329 g/mol. The molecule has 114 valence electrons. The molecule has 23 heavy (non-hydrogen) atoms. The Balaban J connectivity index is 2.05. The largest absolute Gasteiger partial charge is 0.454 e. The Morgan fingerprint density at radius 3 is 2.74 bits per heavy atom. The van der Waals surface area contributed by atoms with Crippen molar-refractivity contribution >= 4 is 28.9 Å². The number of fused-ring (bicyclic) bond motifs is 1. The Morgan fingerprint density at radius 2 is 2.04 bits per heavy atom. The smallest absolute Gasteiger partial charge is 0.270 e. The number of allylic oxidation sites excluding steroid dienone is 1. The molecule has 0 saturated carbocycles. The lowest BCUT2D eigenvalue weighted by Gasteiger charge is -2.04. The van der Waals surface area contributed by atoms with Crippen molar-refractivity contribution in [2.24, 2.45) is 0 Å². The van der Waals surface area contributed by atoms with Gasteiger partial charge in [-0.2, -0.15) is 5.26 Å². The molecule has 2 aromatic carbocycles. The molecular weight excluding hydrogens is 320 g/mol. The van der Waals surface area contributed by atoms with Crippen molar-refractivity contribution in [3.8, 4) is 17.6 Å². The molecule has 0 aromatic heterocycles. The monoisotopic (exact) mass is 328 g/mol. The number of nitro benzene ring substituents is 1. The highest BCUT2D eigenvalue weighted by atomic mass is 35.5. The molecule has 0 saturated heterocycles. The maximum absolute atomic E-state index is 10.9. The van der Waals surface area contributed by atoms with Gasteiger partial charge in [-0.15, -0.1) is 0 Å². The molecule has 0 fully saturated rings. The van der Waals surface area contributed by atoms with Crippen LogP contribution in [-0.4, -0.2) is 11.7 Å². The van der Waals surface area contributed by atoms with Gasteiger partial charge in [0.15, 0.2) is 11.5 Å². The minimum atomic E-state index is -0.508. The van der Waals surface area contributed by atoms with Crippen LogP contribution in [0.5, 0.6) is 11.5 Å². The van der Waals surface area contributed by atoms with Crippen LogP contribution in [0.3, 0.4) is 0 Å². The minimum absolute atomic E-state index is 0.0829. The van der Waals surface area contributed by atoms with Crippen LogP contribution >= 0.6 is 11.6 Å². The van der Waals surface area contributed by atoms with E-state index in [0.717, 1.165) is 0 Å². The highest BCUT2D eigenvalue weighted by molar-refractivity contribution is 6.32. The number of halogens is 1. The first-order chi connectivity index (χ1) is 11.1. The molecule has 0 N–H and O–H groups in total. The molecule has 6 nitrogen and oxygen atoms in total. The van der Waals surface area contributed by atoms with E-state index in [1.54, 1.807) is 24.3 Å². The summed E-state index contributed by atoms with van der Waals surface area (Å²) in [5.74, 6) is 1.08. The molecule has 0 amide bonds. The summed E-state index contributed by atoms with van der Waals surface area (Å²) in [6.07, 6.45) is 1.56. The molecule has 0 bridgehead atoms. The topological polar surface area (TPSA) is 85.4 Å². The number of nitriles is 1. The number of nitro groups is 1. The van der Waals surface area contributed by atoms with Gasteiger partial charge in [0.25, 0.3) is 5.69 Å². The summed E-state index contributed by atoms with van der Waals surface area (Å²) >= 11 is 6.18. The first kappa shape index (κ1) is 14.9. The van der Waals surface area contributed by atoms with E-state index in [1.807, 2.05) is 6.07 Å². The third kappa shape index (κ3) is 2.96. The predicted octanol–water partition coefficient (Wildman–Crippen LogP) is 4.04. The molecule has 0 aliphatic carbocycles. The first-order valence-electron chi connectivity index (χ1n) is 6.54. The van der Waals surface area contributed by atoms with E-state index in [1.165, 1.54) is 18.2 Å². The van der Waals surface area contributed by atoms with Gasteiger partial charge in [-0.3, -0.25) is 10.1 Å². The van der Waals surface area contributed by atoms with Crippen molar-refractivity contribution in [1.29, 1.82) is 5.26 Å². The quantitative estimate of drug-likeness (QED) is 0.367. The number of hydrogen-bond acceptors (Lipinski definition) is 5. The summed E-state index contributed by atoms with van der Waals surface area (Å²) in [6, 6.07) is 11.2. The van der Waals surface area contributed by atoms with Gasteiger partial charge in [0.05, 0.1) is 21.6 Å². The molecular formula is C16H9ClN2O4. The molecule has 1 aliphatic rings. The van der Waals surface area contributed by atoms with E-state index < -0.39 is 4.92 Å². The summed E-state index contributed by atoms with van der Waals surface area (Å²) in [4.78, 5) is 10.3. The second-order valence-corrected chi connectivity index (χ2v) is 5.11. The molecule has 3 rings (SSSR count). The molecule has 0 spiro atoms. The van der Waals surface area contributed by atoms with Crippen molar-refractivity contribution in [3.63, 3.8) is 0 Å². The van der Waals surface area contributed by atoms with Crippen molar-refractivity contribution in [1.82, 2.24) is 0 Å². The van der Waals surface area contributed by atoms with Gasteiger partial charge in [-0.1, -0.05) is 23.7 Å². The maximum Gasteiger partial charge on any atom is 0.270 e. The number of rotatable bonds is 3. The van der Waals surface area contributed by atoms with Gasteiger partial charge in [0.1, 0.15) is 0 Å². The molecule has 1 heterocycles. The number of non-ortho nitro benzene ring substituents is 1. The fourth-order valence-electron chi connectivity index (χ4n) is 2.17. The van der Waals surface area contributed by atoms with Crippen LogP contribution in [0.25, 0.3) is 11.6 Å². The zero-order valence-corrected chi connectivity index (χ0v) is 12.4. The Kier molecular flexibility index (Phi) is 3.87. The Hall–Kier alpha value is -3.04. The van der Waals surface area contributed by atoms with E-state index >= 15 is 0 Å².